The van der Waals surface area contributed by atoms with Gasteiger partial charge in [-0.2, -0.15) is 5.10 Å². The maximum atomic E-state index is 5.63. The first-order valence-electron chi connectivity index (χ1n) is 8.68. The minimum absolute atomic E-state index is 0.605. The number of aromatic nitrogens is 2. The van der Waals surface area contributed by atoms with Gasteiger partial charge in [0.2, 0.25) is 0 Å². The van der Waals surface area contributed by atoms with Crippen LogP contribution in [0.15, 0.2) is 12.4 Å². The Morgan fingerprint density at radius 1 is 1.36 bits per heavy atom. The molecule has 0 radical (unpaired) electrons. The van der Waals surface area contributed by atoms with E-state index in [9.17, 15) is 0 Å². The van der Waals surface area contributed by atoms with Gasteiger partial charge in [0, 0.05) is 38.0 Å². The van der Waals surface area contributed by atoms with E-state index in [2.05, 4.69) is 34.4 Å². The molecule has 0 spiro atoms. The fourth-order valence-electron chi connectivity index (χ4n) is 2.57. The molecular weight excluding hydrogens is 276 g/mol. The molecule has 0 aliphatic heterocycles. The fraction of sp³-hybridized carbons (Fsp3) is 0.824. The number of nitrogens with one attached hydrogen (secondary N) is 2. The molecule has 2 N–H and O–H groups in total. The molecule has 0 amide bonds. The third kappa shape index (κ3) is 9.18. The maximum Gasteiger partial charge on any atom is 0.0575 e. The normalized spacial score (nSPS) is 15.6. The van der Waals surface area contributed by atoms with Crippen LogP contribution in [0.5, 0.6) is 0 Å². The molecule has 128 valence electrons. The highest BCUT2D eigenvalue weighted by Gasteiger charge is 2.12. The van der Waals surface area contributed by atoms with Crippen LogP contribution >= 0.6 is 0 Å². The molecule has 1 heterocycles. The molecule has 1 aromatic heterocycles. The van der Waals surface area contributed by atoms with E-state index in [1.54, 1.807) is 0 Å². The number of ether oxygens (including phenoxy) is 1. The Bertz CT molecular complexity index is 336. The van der Waals surface area contributed by atoms with Crippen molar-refractivity contribution in [3.8, 4) is 0 Å². The zero-order chi connectivity index (χ0) is 16.0. The average molecular weight is 310 g/mol. The molecule has 1 aliphatic carbocycles. The van der Waals surface area contributed by atoms with Crippen LogP contribution in [0.4, 0.5) is 0 Å². The van der Waals surface area contributed by atoms with Crippen molar-refractivity contribution in [2.75, 3.05) is 33.8 Å². The largest absolute Gasteiger partial charge is 0.378 e. The molecule has 5 nitrogen and oxygen atoms in total. The predicted octanol–water partition coefficient (Wildman–Crippen LogP) is 2.81. The second-order valence-electron chi connectivity index (χ2n) is 6.08. The van der Waals surface area contributed by atoms with Crippen molar-refractivity contribution < 1.29 is 4.74 Å². The van der Waals surface area contributed by atoms with E-state index in [1.807, 2.05) is 19.4 Å². The number of hydrogen-bond acceptors (Lipinski definition) is 4. The van der Waals surface area contributed by atoms with E-state index in [4.69, 9.17) is 4.74 Å². The van der Waals surface area contributed by atoms with E-state index < -0.39 is 0 Å². The van der Waals surface area contributed by atoms with Crippen molar-refractivity contribution in [3.63, 3.8) is 0 Å². The standard InChI is InChI=1S/C9H18O.C8H16N4/c1-2-8-10-9-6-4-3-5-7-9;1-9-3-4-12(2)7-8-5-10-11-6-8/h9H,2-8H2,1H3;5-6,9H,3-4,7H2,1-2H3,(H,10,11). The van der Waals surface area contributed by atoms with Crippen molar-refractivity contribution in [1.29, 1.82) is 0 Å². The Hall–Kier alpha value is -0.910. The van der Waals surface area contributed by atoms with Crippen LogP contribution in [-0.4, -0.2) is 55.0 Å². The van der Waals surface area contributed by atoms with Gasteiger partial charge in [-0.3, -0.25) is 5.10 Å². The summed E-state index contributed by atoms with van der Waals surface area (Å²) in [5.41, 5.74) is 1.23. The van der Waals surface area contributed by atoms with Gasteiger partial charge in [0.25, 0.3) is 0 Å². The molecule has 1 aromatic rings. The van der Waals surface area contributed by atoms with Crippen molar-refractivity contribution >= 4 is 0 Å². The summed E-state index contributed by atoms with van der Waals surface area (Å²) >= 11 is 0. The van der Waals surface area contributed by atoms with E-state index in [0.29, 0.717) is 6.10 Å². The van der Waals surface area contributed by atoms with Gasteiger partial charge in [-0.15, -0.1) is 0 Å². The minimum atomic E-state index is 0.605. The predicted molar refractivity (Wildman–Crippen MR) is 92.0 cm³/mol. The second kappa shape index (κ2) is 12.6. The van der Waals surface area contributed by atoms with E-state index in [-0.39, 0.29) is 0 Å². The molecular formula is C17H34N4O. The van der Waals surface area contributed by atoms with Gasteiger partial charge in [0.15, 0.2) is 0 Å². The Labute approximate surface area is 135 Å². The number of hydrogen-bond donors (Lipinski definition) is 2. The zero-order valence-electron chi connectivity index (χ0n) is 14.6. The first-order valence-corrected chi connectivity index (χ1v) is 8.68. The van der Waals surface area contributed by atoms with Crippen molar-refractivity contribution in [2.24, 2.45) is 0 Å². The van der Waals surface area contributed by atoms with Gasteiger partial charge in [-0.1, -0.05) is 26.2 Å². The van der Waals surface area contributed by atoms with E-state index in [1.165, 1.54) is 37.7 Å². The van der Waals surface area contributed by atoms with Gasteiger partial charge in [-0.25, -0.2) is 0 Å². The van der Waals surface area contributed by atoms with Gasteiger partial charge in [0.1, 0.15) is 0 Å². The summed E-state index contributed by atoms with van der Waals surface area (Å²) in [4.78, 5) is 2.25. The summed E-state index contributed by atoms with van der Waals surface area (Å²) in [5, 5.41) is 9.80. The third-order valence-corrected chi connectivity index (χ3v) is 3.86. The van der Waals surface area contributed by atoms with Crippen molar-refractivity contribution in [3.05, 3.63) is 18.0 Å². The zero-order valence-corrected chi connectivity index (χ0v) is 14.6. The van der Waals surface area contributed by atoms with Crippen LogP contribution in [-0.2, 0) is 11.3 Å². The minimum Gasteiger partial charge on any atom is -0.378 e. The number of H-pyrrole nitrogens is 1. The van der Waals surface area contributed by atoms with Gasteiger partial charge in [-0.05, 0) is 33.4 Å². The number of likely N-dealkylation sites (N-methyl/N-ethyl adjacent to an activating group) is 2. The summed E-state index contributed by atoms with van der Waals surface area (Å²) in [7, 11) is 4.07. The lowest BCUT2D eigenvalue weighted by Gasteiger charge is -2.21. The smallest absolute Gasteiger partial charge is 0.0575 e. The van der Waals surface area contributed by atoms with Gasteiger partial charge < -0.3 is 15.0 Å². The summed E-state index contributed by atoms with van der Waals surface area (Å²) in [5.74, 6) is 0. The van der Waals surface area contributed by atoms with Crippen LogP contribution in [0.2, 0.25) is 0 Å². The number of aromatic amines is 1. The average Bonchev–Trinajstić information content (AvgIpc) is 3.05. The SMILES string of the molecule is CCCOC1CCCCC1.CNCCN(C)Cc1cn[nH]c1. The van der Waals surface area contributed by atoms with Crippen molar-refractivity contribution in [2.45, 2.75) is 58.1 Å². The Morgan fingerprint density at radius 2 is 2.14 bits per heavy atom. The Kier molecular flexibility index (Phi) is 11.0. The third-order valence-electron chi connectivity index (χ3n) is 3.86. The highest BCUT2D eigenvalue weighted by Crippen LogP contribution is 2.20. The summed E-state index contributed by atoms with van der Waals surface area (Å²) in [6, 6.07) is 0. The van der Waals surface area contributed by atoms with Crippen LogP contribution in [0.1, 0.15) is 51.0 Å². The van der Waals surface area contributed by atoms with E-state index in [0.717, 1.165) is 32.7 Å². The maximum absolute atomic E-state index is 5.63. The van der Waals surface area contributed by atoms with Crippen molar-refractivity contribution in [1.82, 2.24) is 20.4 Å². The molecule has 5 heteroatoms. The number of rotatable bonds is 8. The molecule has 0 unspecified atom stereocenters. The van der Waals surface area contributed by atoms with E-state index >= 15 is 0 Å². The lowest BCUT2D eigenvalue weighted by Crippen LogP contribution is -2.26. The first kappa shape index (κ1) is 19.1. The fourth-order valence-corrected chi connectivity index (χ4v) is 2.57. The summed E-state index contributed by atoms with van der Waals surface area (Å²) in [6.45, 7) is 6.17. The summed E-state index contributed by atoms with van der Waals surface area (Å²) in [6.07, 6.45) is 12.4. The number of nitrogens with zero attached hydrogens (tertiary/aromatic N) is 2. The molecule has 0 saturated heterocycles. The second-order valence-corrected chi connectivity index (χ2v) is 6.08. The lowest BCUT2D eigenvalue weighted by molar-refractivity contribution is 0.0289. The highest BCUT2D eigenvalue weighted by molar-refractivity contribution is 5.01. The molecule has 1 fully saturated rings. The van der Waals surface area contributed by atoms with Crippen LogP contribution in [0.25, 0.3) is 0 Å². The summed E-state index contributed by atoms with van der Waals surface area (Å²) < 4.78 is 5.63. The van der Waals surface area contributed by atoms with Gasteiger partial charge in [0.05, 0.1) is 12.3 Å². The first-order chi connectivity index (χ1) is 10.8. The van der Waals surface area contributed by atoms with Crippen LogP contribution in [0.3, 0.4) is 0 Å². The Morgan fingerprint density at radius 3 is 2.73 bits per heavy atom. The molecule has 1 saturated carbocycles. The monoisotopic (exact) mass is 310 g/mol. The molecule has 0 bridgehead atoms. The lowest BCUT2D eigenvalue weighted by atomic mass is 9.98. The molecule has 0 atom stereocenters. The quantitative estimate of drug-likeness (QED) is 0.775. The van der Waals surface area contributed by atoms with Crippen LogP contribution < -0.4 is 5.32 Å². The highest BCUT2D eigenvalue weighted by atomic mass is 16.5. The Balaban J connectivity index is 0.000000224. The van der Waals surface area contributed by atoms with Gasteiger partial charge >= 0.3 is 0 Å². The van der Waals surface area contributed by atoms with Crippen LogP contribution in [0, 0.1) is 0 Å². The molecule has 2 rings (SSSR count). The topological polar surface area (TPSA) is 53.2 Å². The molecule has 22 heavy (non-hydrogen) atoms. The molecule has 0 aromatic carbocycles. The molecule has 1 aliphatic rings.